The normalized spacial score (nSPS) is 17.4. The van der Waals surface area contributed by atoms with Gasteiger partial charge in [0.05, 0.1) is 11.7 Å². The molecular weight excluding hydrogens is 486 g/mol. The van der Waals surface area contributed by atoms with Crippen molar-refractivity contribution < 1.29 is 18.7 Å². The van der Waals surface area contributed by atoms with Gasteiger partial charge in [-0.05, 0) is 70.1 Å². The number of aromatic nitrogens is 2. The fourth-order valence-electron chi connectivity index (χ4n) is 4.76. The first-order valence-electron chi connectivity index (χ1n) is 11.9. The molecule has 1 fully saturated rings. The van der Waals surface area contributed by atoms with Gasteiger partial charge < -0.3 is 15.2 Å². The van der Waals surface area contributed by atoms with E-state index in [-0.39, 0.29) is 18.0 Å². The van der Waals surface area contributed by atoms with Gasteiger partial charge in [0.25, 0.3) is 0 Å². The number of benzene rings is 2. The van der Waals surface area contributed by atoms with Crippen LogP contribution in [0, 0.1) is 18.6 Å². The van der Waals surface area contributed by atoms with Crippen molar-refractivity contribution in [3.05, 3.63) is 88.0 Å². The number of hydrogen-bond donors (Lipinski definition) is 2. The highest BCUT2D eigenvalue weighted by atomic mass is 35.5. The Morgan fingerprint density at radius 3 is 2.53 bits per heavy atom. The average molecular weight is 515 g/mol. The number of carbonyl (C=O) groups is 1. The third kappa shape index (κ3) is 5.72. The van der Waals surface area contributed by atoms with Crippen LogP contribution >= 0.6 is 11.6 Å². The summed E-state index contributed by atoms with van der Waals surface area (Å²) in [4.78, 5) is 22.7. The second-order valence-electron chi connectivity index (χ2n) is 9.38. The predicted molar refractivity (Wildman–Crippen MR) is 135 cm³/mol. The lowest BCUT2D eigenvalue weighted by molar-refractivity contribution is -0.113. The molecule has 0 aliphatic carbocycles. The van der Waals surface area contributed by atoms with Crippen molar-refractivity contribution in [3.63, 3.8) is 0 Å². The maximum Gasteiger partial charge on any atom is 0.141 e. The molecule has 0 saturated carbocycles. The fourth-order valence-corrected chi connectivity index (χ4v) is 4.95. The Morgan fingerprint density at radius 2 is 1.89 bits per heavy atom. The van der Waals surface area contributed by atoms with Gasteiger partial charge in [-0.2, -0.15) is 0 Å². The Morgan fingerprint density at radius 1 is 1.22 bits per heavy atom. The lowest BCUT2D eigenvalue weighted by atomic mass is 9.84. The molecule has 2 aromatic carbocycles. The van der Waals surface area contributed by atoms with Crippen LogP contribution in [0.3, 0.4) is 0 Å². The van der Waals surface area contributed by atoms with E-state index in [1.54, 1.807) is 37.1 Å². The largest absolute Gasteiger partial charge is 0.383 e. The van der Waals surface area contributed by atoms with Crippen LogP contribution in [0.1, 0.15) is 54.4 Å². The van der Waals surface area contributed by atoms with E-state index in [1.807, 2.05) is 12.1 Å². The van der Waals surface area contributed by atoms with Gasteiger partial charge >= 0.3 is 0 Å². The van der Waals surface area contributed by atoms with E-state index in [9.17, 15) is 18.7 Å². The molecular formula is C27H29ClF2N4O2. The van der Waals surface area contributed by atoms with E-state index in [0.717, 1.165) is 23.5 Å². The lowest BCUT2D eigenvalue weighted by Gasteiger charge is -2.37. The van der Waals surface area contributed by atoms with Crippen molar-refractivity contribution in [1.82, 2.24) is 14.9 Å². The van der Waals surface area contributed by atoms with E-state index in [4.69, 9.17) is 11.6 Å². The van der Waals surface area contributed by atoms with Crippen molar-refractivity contribution in [2.24, 2.45) is 0 Å². The maximum absolute atomic E-state index is 14.3. The monoisotopic (exact) mass is 514 g/mol. The molecule has 1 aliphatic heterocycles. The van der Waals surface area contributed by atoms with Crippen molar-refractivity contribution in [2.75, 3.05) is 25.0 Å². The standard InChI is InChI=1S/C27H29ClF2N4O2/c1-17-31-14-21(27(2,36)16-32-20-6-3-5-19(28)13-20)26(33-17)18-9-11-34(12-10-18)24(15-35)25-22(29)7-4-8-23(25)30/h3-8,13-15,18,24,32,36H,9-12,16H2,1-2H3. The molecule has 6 nitrogen and oxygen atoms in total. The van der Waals surface area contributed by atoms with Crippen molar-refractivity contribution in [3.8, 4) is 0 Å². The van der Waals surface area contributed by atoms with Gasteiger partial charge in [0.2, 0.25) is 0 Å². The first-order valence-corrected chi connectivity index (χ1v) is 12.3. The zero-order valence-corrected chi connectivity index (χ0v) is 21.0. The molecule has 4 rings (SSSR count). The number of nitrogens with one attached hydrogen (secondary N) is 1. The van der Waals surface area contributed by atoms with Crippen LogP contribution in [0.25, 0.3) is 0 Å². The maximum atomic E-state index is 14.3. The van der Waals surface area contributed by atoms with E-state index in [1.165, 1.54) is 6.07 Å². The fraction of sp³-hybridized carbons (Fsp3) is 0.370. The molecule has 2 unspecified atom stereocenters. The van der Waals surface area contributed by atoms with Crippen molar-refractivity contribution in [2.45, 2.75) is 44.2 Å². The van der Waals surface area contributed by atoms with Crippen LogP contribution in [-0.4, -0.2) is 45.9 Å². The van der Waals surface area contributed by atoms with Gasteiger partial charge in [-0.1, -0.05) is 23.7 Å². The number of aldehydes is 1. The smallest absolute Gasteiger partial charge is 0.141 e. The van der Waals surface area contributed by atoms with Crippen LogP contribution < -0.4 is 5.32 Å². The minimum absolute atomic E-state index is 0.00614. The quantitative estimate of drug-likeness (QED) is 0.404. The number of carbonyl (C=O) groups excluding carboxylic acids is 1. The topological polar surface area (TPSA) is 78.4 Å². The number of halogens is 3. The van der Waals surface area contributed by atoms with Gasteiger partial charge in [0, 0.05) is 40.5 Å². The number of likely N-dealkylation sites (tertiary alicyclic amines) is 1. The lowest BCUT2D eigenvalue weighted by Crippen LogP contribution is -2.39. The summed E-state index contributed by atoms with van der Waals surface area (Å²) in [6, 6.07) is 9.87. The summed E-state index contributed by atoms with van der Waals surface area (Å²) in [6.07, 6.45) is 3.48. The molecule has 2 atom stereocenters. The highest BCUT2D eigenvalue weighted by molar-refractivity contribution is 6.30. The highest BCUT2D eigenvalue weighted by Crippen LogP contribution is 2.36. The van der Waals surface area contributed by atoms with Crippen LogP contribution in [0.2, 0.25) is 5.02 Å². The van der Waals surface area contributed by atoms with E-state index < -0.39 is 23.3 Å². The molecule has 3 aromatic rings. The van der Waals surface area contributed by atoms with Crippen LogP contribution in [-0.2, 0) is 10.4 Å². The minimum Gasteiger partial charge on any atom is -0.383 e. The Balaban J connectivity index is 1.51. The van der Waals surface area contributed by atoms with E-state index >= 15 is 0 Å². The first kappa shape index (κ1) is 26.1. The van der Waals surface area contributed by atoms with Gasteiger partial charge in [-0.25, -0.2) is 18.7 Å². The molecule has 2 N–H and O–H groups in total. The zero-order valence-electron chi connectivity index (χ0n) is 20.2. The second kappa shape index (κ2) is 11.0. The van der Waals surface area contributed by atoms with Crippen molar-refractivity contribution in [1.29, 1.82) is 0 Å². The minimum atomic E-state index is -1.27. The predicted octanol–water partition coefficient (Wildman–Crippen LogP) is 5.16. The summed E-state index contributed by atoms with van der Waals surface area (Å²) in [5.74, 6) is -0.875. The Labute approximate surface area is 214 Å². The molecule has 1 aromatic heterocycles. The first-order chi connectivity index (χ1) is 17.2. The SMILES string of the molecule is Cc1ncc(C(C)(O)CNc2cccc(Cl)c2)c(C2CCN(C(C=O)c3c(F)cccc3F)CC2)n1. The third-order valence-corrected chi connectivity index (χ3v) is 6.95. The molecule has 0 amide bonds. The number of aliphatic hydroxyl groups is 1. The summed E-state index contributed by atoms with van der Waals surface area (Å²) in [5.41, 5.74) is 0.655. The van der Waals surface area contributed by atoms with Crippen LogP contribution in [0.4, 0.5) is 14.5 Å². The summed E-state index contributed by atoms with van der Waals surface area (Å²) in [6.45, 7) is 4.62. The molecule has 2 heterocycles. The molecule has 0 radical (unpaired) electrons. The van der Waals surface area contributed by atoms with E-state index in [2.05, 4.69) is 15.3 Å². The molecule has 1 aliphatic rings. The third-order valence-electron chi connectivity index (χ3n) is 6.71. The number of nitrogens with zero attached hydrogens (tertiary/aromatic N) is 3. The Kier molecular flexibility index (Phi) is 7.97. The summed E-state index contributed by atoms with van der Waals surface area (Å²) in [7, 11) is 0. The molecule has 0 spiro atoms. The van der Waals surface area contributed by atoms with Gasteiger partial charge in [-0.15, -0.1) is 0 Å². The number of piperidine rings is 1. The van der Waals surface area contributed by atoms with Crippen molar-refractivity contribution >= 4 is 23.6 Å². The van der Waals surface area contributed by atoms with Gasteiger partial charge in [0.15, 0.2) is 0 Å². The van der Waals surface area contributed by atoms with Gasteiger partial charge in [-0.3, -0.25) is 4.90 Å². The van der Waals surface area contributed by atoms with Gasteiger partial charge in [0.1, 0.15) is 29.3 Å². The molecule has 190 valence electrons. The number of rotatable bonds is 8. The summed E-state index contributed by atoms with van der Waals surface area (Å²) in [5, 5.41) is 15.2. The van der Waals surface area contributed by atoms with Crippen LogP contribution in [0.15, 0.2) is 48.7 Å². The number of aryl methyl sites for hydroxylation is 1. The highest BCUT2D eigenvalue weighted by Gasteiger charge is 2.34. The Bertz CT molecular complexity index is 1210. The Hall–Kier alpha value is -2.94. The van der Waals surface area contributed by atoms with E-state index in [0.29, 0.717) is 48.6 Å². The zero-order chi connectivity index (χ0) is 25.9. The number of hydrogen-bond acceptors (Lipinski definition) is 6. The van der Waals surface area contributed by atoms with Crippen LogP contribution in [0.5, 0.6) is 0 Å². The number of anilines is 1. The molecule has 0 bridgehead atoms. The molecule has 1 saturated heterocycles. The summed E-state index contributed by atoms with van der Waals surface area (Å²) < 4.78 is 28.7. The molecule has 36 heavy (non-hydrogen) atoms. The summed E-state index contributed by atoms with van der Waals surface area (Å²) >= 11 is 6.07. The molecule has 9 heteroatoms. The average Bonchev–Trinajstić information content (AvgIpc) is 2.85. The second-order valence-corrected chi connectivity index (χ2v) is 9.82.